The second kappa shape index (κ2) is 6.11. The highest BCUT2D eigenvalue weighted by molar-refractivity contribution is 7.89. The maximum Gasteiger partial charge on any atom is 0.242 e. The number of furan rings is 1. The highest BCUT2D eigenvalue weighted by Crippen LogP contribution is 2.24. The summed E-state index contributed by atoms with van der Waals surface area (Å²) in [5, 5.41) is 3.61. The van der Waals surface area contributed by atoms with Crippen molar-refractivity contribution in [1.29, 1.82) is 0 Å². The van der Waals surface area contributed by atoms with Crippen LogP contribution in [-0.4, -0.2) is 40.1 Å². The van der Waals surface area contributed by atoms with E-state index in [-0.39, 0.29) is 4.90 Å². The smallest absolute Gasteiger partial charge is 0.242 e. The number of hydrogen-bond donors (Lipinski definition) is 0. The Kier molecular flexibility index (Phi) is 4.44. The minimum absolute atomic E-state index is 0.240. The van der Waals surface area contributed by atoms with Crippen molar-refractivity contribution in [2.45, 2.75) is 4.90 Å². The SMILES string of the molecule is CO/N=C/c1ccc(-c2ccc(S(=O)(=O)N(C)C)cc2)o1. The average molecular weight is 308 g/mol. The molecular weight excluding hydrogens is 292 g/mol. The van der Waals surface area contributed by atoms with Crippen LogP contribution in [0.3, 0.4) is 0 Å². The molecule has 2 aromatic rings. The summed E-state index contributed by atoms with van der Waals surface area (Å²) in [7, 11) is 1.03. The third-order valence-electron chi connectivity index (χ3n) is 2.83. The lowest BCUT2D eigenvalue weighted by Crippen LogP contribution is -2.22. The summed E-state index contributed by atoms with van der Waals surface area (Å²) < 4.78 is 30.7. The normalized spacial score (nSPS) is 12.2. The molecule has 112 valence electrons. The molecule has 0 spiro atoms. The Morgan fingerprint density at radius 1 is 1.14 bits per heavy atom. The molecule has 0 aliphatic heterocycles. The Morgan fingerprint density at radius 3 is 2.38 bits per heavy atom. The third kappa shape index (κ3) is 3.32. The van der Waals surface area contributed by atoms with Gasteiger partial charge in [0.25, 0.3) is 0 Å². The van der Waals surface area contributed by atoms with Gasteiger partial charge < -0.3 is 9.25 Å². The van der Waals surface area contributed by atoms with E-state index in [4.69, 9.17) is 4.42 Å². The standard InChI is InChI=1S/C14H16N2O4S/c1-16(2)21(17,18)13-7-4-11(5-8-13)14-9-6-12(20-14)10-15-19-3/h4-10H,1-3H3/b15-10+. The van der Waals surface area contributed by atoms with Crippen LogP contribution in [0.4, 0.5) is 0 Å². The van der Waals surface area contributed by atoms with Crippen LogP contribution in [-0.2, 0) is 14.9 Å². The molecule has 21 heavy (non-hydrogen) atoms. The van der Waals surface area contributed by atoms with E-state index in [1.54, 1.807) is 36.4 Å². The van der Waals surface area contributed by atoms with Crippen LogP contribution in [0.2, 0.25) is 0 Å². The molecule has 0 N–H and O–H groups in total. The van der Waals surface area contributed by atoms with E-state index in [9.17, 15) is 8.42 Å². The van der Waals surface area contributed by atoms with Gasteiger partial charge in [-0.15, -0.1) is 0 Å². The van der Waals surface area contributed by atoms with Crippen LogP contribution in [0.5, 0.6) is 0 Å². The summed E-state index contributed by atoms with van der Waals surface area (Å²) in [6.07, 6.45) is 1.45. The summed E-state index contributed by atoms with van der Waals surface area (Å²) in [4.78, 5) is 4.81. The second-order valence-corrected chi connectivity index (χ2v) is 6.58. The molecule has 0 aliphatic carbocycles. The zero-order valence-corrected chi connectivity index (χ0v) is 12.8. The van der Waals surface area contributed by atoms with Crippen molar-refractivity contribution in [2.75, 3.05) is 21.2 Å². The molecule has 0 saturated carbocycles. The molecule has 0 atom stereocenters. The molecule has 1 aromatic heterocycles. The zero-order chi connectivity index (χ0) is 15.5. The Hall–Kier alpha value is -2.12. The zero-order valence-electron chi connectivity index (χ0n) is 12.0. The average Bonchev–Trinajstić information content (AvgIpc) is 2.94. The fourth-order valence-corrected chi connectivity index (χ4v) is 2.59. The molecule has 1 aromatic carbocycles. The van der Waals surface area contributed by atoms with Crippen molar-refractivity contribution in [3.8, 4) is 11.3 Å². The van der Waals surface area contributed by atoms with Crippen molar-refractivity contribution in [3.05, 3.63) is 42.2 Å². The maximum atomic E-state index is 12.0. The van der Waals surface area contributed by atoms with Gasteiger partial charge in [-0.1, -0.05) is 5.16 Å². The van der Waals surface area contributed by atoms with Crippen LogP contribution in [0.1, 0.15) is 5.76 Å². The maximum absolute atomic E-state index is 12.0. The molecule has 0 amide bonds. The first-order valence-corrected chi connectivity index (χ1v) is 7.58. The van der Waals surface area contributed by atoms with E-state index < -0.39 is 10.0 Å². The van der Waals surface area contributed by atoms with E-state index in [1.807, 2.05) is 0 Å². The molecule has 0 saturated heterocycles. The molecule has 0 bridgehead atoms. The van der Waals surface area contributed by atoms with Gasteiger partial charge in [-0.3, -0.25) is 0 Å². The minimum Gasteiger partial charge on any atom is -0.455 e. The van der Waals surface area contributed by atoms with Gasteiger partial charge in [0.05, 0.1) is 4.90 Å². The summed E-state index contributed by atoms with van der Waals surface area (Å²) in [6, 6.07) is 10.0. The van der Waals surface area contributed by atoms with Crippen LogP contribution >= 0.6 is 0 Å². The quantitative estimate of drug-likeness (QED) is 0.627. The fourth-order valence-electron chi connectivity index (χ4n) is 1.68. The third-order valence-corrected chi connectivity index (χ3v) is 4.66. The van der Waals surface area contributed by atoms with Crippen LogP contribution in [0.15, 0.2) is 50.9 Å². The first kappa shape index (κ1) is 15.3. The van der Waals surface area contributed by atoms with Crippen LogP contribution in [0.25, 0.3) is 11.3 Å². The number of nitrogens with zero attached hydrogens (tertiary/aromatic N) is 2. The lowest BCUT2D eigenvalue weighted by molar-refractivity contribution is 0.215. The Bertz CT molecular complexity index is 731. The van der Waals surface area contributed by atoms with Crippen LogP contribution in [0, 0.1) is 0 Å². The molecule has 0 aliphatic rings. The number of rotatable bonds is 5. The van der Waals surface area contributed by atoms with E-state index in [2.05, 4.69) is 9.99 Å². The van der Waals surface area contributed by atoms with Crippen molar-refractivity contribution in [1.82, 2.24) is 4.31 Å². The molecule has 0 fully saturated rings. The molecular formula is C14H16N2O4S. The molecule has 2 rings (SSSR count). The topological polar surface area (TPSA) is 72.1 Å². The summed E-state index contributed by atoms with van der Waals surface area (Å²) >= 11 is 0. The Balaban J connectivity index is 2.27. The van der Waals surface area contributed by atoms with Gasteiger partial charge in [-0.2, -0.15) is 0 Å². The molecule has 0 unspecified atom stereocenters. The monoisotopic (exact) mass is 308 g/mol. The number of hydrogen-bond acceptors (Lipinski definition) is 5. The van der Waals surface area contributed by atoms with Gasteiger partial charge in [-0.25, -0.2) is 12.7 Å². The number of benzene rings is 1. The van der Waals surface area contributed by atoms with E-state index >= 15 is 0 Å². The van der Waals surface area contributed by atoms with Gasteiger partial charge in [0.1, 0.15) is 24.8 Å². The summed E-state index contributed by atoms with van der Waals surface area (Å²) in [5.74, 6) is 1.18. The fraction of sp³-hybridized carbons (Fsp3) is 0.214. The Morgan fingerprint density at radius 2 is 1.81 bits per heavy atom. The highest BCUT2D eigenvalue weighted by atomic mass is 32.2. The lowest BCUT2D eigenvalue weighted by Gasteiger charge is -2.11. The predicted octanol–water partition coefficient (Wildman–Crippen LogP) is 2.18. The highest BCUT2D eigenvalue weighted by Gasteiger charge is 2.17. The van der Waals surface area contributed by atoms with Crippen molar-refractivity contribution in [2.24, 2.45) is 5.16 Å². The largest absolute Gasteiger partial charge is 0.455 e. The van der Waals surface area contributed by atoms with E-state index in [1.165, 1.54) is 31.7 Å². The van der Waals surface area contributed by atoms with Gasteiger partial charge in [-0.05, 0) is 36.4 Å². The molecule has 6 nitrogen and oxygen atoms in total. The molecule has 0 radical (unpaired) electrons. The van der Waals surface area contributed by atoms with Gasteiger partial charge in [0.15, 0.2) is 0 Å². The Labute approximate surface area is 123 Å². The van der Waals surface area contributed by atoms with E-state index in [0.717, 1.165) is 5.56 Å². The number of oxime groups is 1. The first-order chi connectivity index (χ1) is 9.95. The minimum atomic E-state index is -3.42. The second-order valence-electron chi connectivity index (χ2n) is 4.43. The van der Waals surface area contributed by atoms with Gasteiger partial charge >= 0.3 is 0 Å². The van der Waals surface area contributed by atoms with Crippen LogP contribution < -0.4 is 0 Å². The van der Waals surface area contributed by atoms with Crippen molar-refractivity contribution in [3.63, 3.8) is 0 Å². The van der Waals surface area contributed by atoms with Crippen molar-refractivity contribution < 1.29 is 17.7 Å². The molecule has 7 heteroatoms. The summed E-state index contributed by atoms with van der Waals surface area (Å²) in [6.45, 7) is 0. The van der Waals surface area contributed by atoms with Gasteiger partial charge in [0, 0.05) is 19.7 Å². The van der Waals surface area contributed by atoms with E-state index in [0.29, 0.717) is 11.5 Å². The summed E-state index contributed by atoms with van der Waals surface area (Å²) in [5.41, 5.74) is 0.782. The lowest BCUT2D eigenvalue weighted by atomic mass is 10.2. The van der Waals surface area contributed by atoms with Crippen molar-refractivity contribution >= 4 is 16.2 Å². The first-order valence-electron chi connectivity index (χ1n) is 6.14. The van der Waals surface area contributed by atoms with Gasteiger partial charge in [0.2, 0.25) is 10.0 Å². The molecule has 1 heterocycles. The predicted molar refractivity (Wildman–Crippen MR) is 79.6 cm³/mol. The number of sulfonamides is 1.